The SMILES string of the molecule is CC(C)(C)c1cc(N2CCC(NS(=O)(=O)c3cccs3)CC2)nc(C(C)(C)C)n1. The van der Waals surface area contributed by atoms with E-state index in [2.05, 4.69) is 57.2 Å². The Balaban J connectivity index is 1.75. The van der Waals surface area contributed by atoms with E-state index < -0.39 is 10.0 Å². The van der Waals surface area contributed by atoms with Crippen LogP contribution in [-0.2, 0) is 20.9 Å². The lowest BCUT2D eigenvalue weighted by molar-refractivity contribution is 0.455. The van der Waals surface area contributed by atoms with Crippen molar-refractivity contribution >= 4 is 27.2 Å². The summed E-state index contributed by atoms with van der Waals surface area (Å²) in [4.78, 5) is 11.9. The number of hydrogen-bond acceptors (Lipinski definition) is 6. The van der Waals surface area contributed by atoms with Crippen molar-refractivity contribution in [3.8, 4) is 0 Å². The highest BCUT2D eigenvalue weighted by atomic mass is 32.2. The molecule has 3 heterocycles. The van der Waals surface area contributed by atoms with Crippen LogP contribution < -0.4 is 9.62 Å². The highest BCUT2D eigenvalue weighted by molar-refractivity contribution is 7.91. The molecule has 0 atom stereocenters. The summed E-state index contributed by atoms with van der Waals surface area (Å²) in [5.74, 6) is 1.79. The molecule has 0 aliphatic carbocycles. The van der Waals surface area contributed by atoms with Gasteiger partial charge in [0, 0.05) is 36.0 Å². The van der Waals surface area contributed by atoms with E-state index in [4.69, 9.17) is 9.97 Å². The van der Waals surface area contributed by atoms with E-state index in [1.165, 1.54) is 11.3 Å². The fraction of sp³-hybridized carbons (Fsp3) is 0.619. The van der Waals surface area contributed by atoms with Crippen LogP contribution in [-0.4, -0.2) is 37.5 Å². The molecule has 0 unspecified atom stereocenters. The number of hydrogen-bond donors (Lipinski definition) is 1. The number of sulfonamides is 1. The van der Waals surface area contributed by atoms with Crippen LogP contribution in [0.3, 0.4) is 0 Å². The van der Waals surface area contributed by atoms with Crippen LogP contribution in [0, 0.1) is 0 Å². The molecule has 6 nitrogen and oxygen atoms in total. The van der Waals surface area contributed by atoms with Gasteiger partial charge in [0.25, 0.3) is 0 Å². The molecule has 2 aromatic heterocycles. The molecule has 160 valence electrons. The summed E-state index contributed by atoms with van der Waals surface area (Å²) in [6, 6.07) is 5.44. The first-order valence-electron chi connectivity index (χ1n) is 10.1. The summed E-state index contributed by atoms with van der Waals surface area (Å²) in [6.07, 6.45) is 1.51. The monoisotopic (exact) mass is 436 g/mol. The third-order valence-electron chi connectivity index (χ3n) is 5.05. The van der Waals surface area contributed by atoms with Gasteiger partial charge in [-0.3, -0.25) is 0 Å². The average Bonchev–Trinajstić information content (AvgIpc) is 3.16. The molecule has 2 aromatic rings. The molecule has 1 aliphatic rings. The highest BCUT2D eigenvalue weighted by Gasteiger charge is 2.28. The van der Waals surface area contributed by atoms with Gasteiger partial charge in [-0.1, -0.05) is 47.6 Å². The standard InChI is InChI=1S/C21H32N4O2S2/c1-20(2,3)16-14-17(23-19(22-16)21(4,5)6)25-11-9-15(10-12-25)24-29(26,27)18-8-7-13-28-18/h7-8,13-15,24H,9-12H2,1-6H3. The van der Waals surface area contributed by atoms with E-state index in [0.29, 0.717) is 4.21 Å². The van der Waals surface area contributed by atoms with Crippen molar-refractivity contribution in [1.82, 2.24) is 14.7 Å². The fourth-order valence-corrected chi connectivity index (χ4v) is 5.55. The van der Waals surface area contributed by atoms with Crippen molar-refractivity contribution < 1.29 is 8.42 Å². The topological polar surface area (TPSA) is 75.2 Å². The molecule has 29 heavy (non-hydrogen) atoms. The maximum absolute atomic E-state index is 12.5. The second kappa shape index (κ2) is 7.96. The summed E-state index contributed by atoms with van der Waals surface area (Å²) in [6.45, 7) is 14.4. The number of aromatic nitrogens is 2. The van der Waals surface area contributed by atoms with E-state index in [1.54, 1.807) is 17.5 Å². The van der Waals surface area contributed by atoms with E-state index in [1.807, 2.05) is 0 Å². The van der Waals surface area contributed by atoms with E-state index in [9.17, 15) is 8.42 Å². The minimum atomic E-state index is -3.43. The summed E-state index contributed by atoms with van der Waals surface area (Å²) in [5.41, 5.74) is 0.838. The lowest BCUT2D eigenvalue weighted by Crippen LogP contribution is -2.45. The second-order valence-corrected chi connectivity index (χ2v) is 12.6. The van der Waals surface area contributed by atoms with Gasteiger partial charge in [0.15, 0.2) is 0 Å². The van der Waals surface area contributed by atoms with Gasteiger partial charge >= 0.3 is 0 Å². The zero-order valence-electron chi connectivity index (χ0n) is 18.2. The Kier molecular flexibility index (Phi) is 6.09. The Morgan fingerprint density at radius 2 is 1.72 bits per heavy atom. The lowest BCUT2D eigenvalue weighted by Gasteiger charge is -2.34. The fourth-order valence-electron chi connectivity index (χ4n) is 3.24. The van der Waals surface area contributed by atoms with Gasteiger partial charge in [0.2, 0.25) is 10.0 Å². The average molecular weight is 437 g/mol. The van der Waals surface area contributed by atoms with Gasteiger partial charge in [-0.15, -0.1) is 11.3 Å². The van der Waals surface area contributed by atoms with E-state index in [-0.39, 0.29) is 16.9 Å². The summed E-state index contributed by atoms with van der Waals surface area (Å²) < 4.78 is 28.2. The van der Waals surface area contributed by atoms with Crippen molar-refractivity contribution in [3.05, 3.63) is 35.1 Å². The Labute approximate surface area is 178 Å². The molecular weight excluding hydrogens is 404 g/mol. The molecule has 1 aliphatic heterocycles. The van der Waals surface area contributed by atoms with Crippen molar-refractivity contribution in [2.45, 2.75) is 75.5 Å². The first-order valence-corrected chi connectivity index (χ1v) is 12.4. The Hall–Kier alpha value is -1.51. The first kappa shape index (κ1) is 22.2. The molecule has 0 bridgehead atoms. The van der Waals surface area contributed by atoms with Crippen LogP contribution in [0.2, 0.25) is 0 Å². The predicted octanol–water partition coefficient (Wildman–Crippen LogP) is 4.08. The molecule has 3 rings (SSSR count). The molecule has 0 saturated carbocycles. The number of rotatable bonds is 4. The number of nitrogens with zero attached hydrogens (tertiary/aromatic N) is 3. The normalized spacial score (nSPS) is 17.0. The number of nitrogens with one attached hydrogen (secondary N) is 1. The molecule has 0 radical (unpaired) electrons. The second-order valence-electron chi connectivity index (χ2n) is 9.75. The molecule has 8 heteroatoms. The van der Waals surface area contributed by atoms with Gasteiger partial charge in [-0.2, -0.15) is 0 Å². The van der Waals surface area contributed by atoms with Crippen molar-refractivity contribution in [2.24, 2.45) is 0 Å². The Morgan fingerprint density at radius 3 is 2.24 bits per heavy atom. The molecule has 1 saturated heterocycles. The van der Waals surface area contributed by atoms with E-state index >= 15 is 0 Å². The molecule has 1 N–H and O–H groups in total. The van der Waals surface area contributed by atoms with Crippen molar-refractivity contribution in [2.75, 3.05) is 18.0 Å². The van der Waals surface area contributed by atoms with Crippen molar-refractivity contribution in [1.29, 1.82) is 0 Å². The van der Waals surface area contributed by atoms with Crippen LogP contribution in [0.1, 0.15) is 65.9 Å². The molecule has 0 aromatic carbocycles. The smallest absolute Gasteiger partial charge is 0.250 e. The molecule has 0 spiro atoms. The zero-order valence-corrected chi connectivity index (χ0v) is 19.8. The lowest BCUT2D eigenvalue weighted by atomic mass is 9.90. The van der Waals surface area contributed by atoms with Crippen LogP contribution in [0.5, 0.6) is 0 Å². The Morgan fingerprint density at radius 1 is 1.07 bits per heavy atom. The van der Waals surface area contributed by atoms with Crippen LogP contribution in [0.25, 0.3) is 0 Å². The third-order valence-corrected chi connectivity index (χ3v) is 7.97. The number of thiophene rings is 1. The van der Waals surface area contributed by atoms with Crippen LogP contribution >= 0.6 is 11.3 Å². The molecular formula is C21H32N4O2S2. The minimum Gasteiger partial charge on any atom is -0.356 e. The predicted molar refractivity (Wildman–Crippen MR) is 119 cm³/mol. The van der Waals surface area contributed by atoms with Crippen LogP contribution in [0.15, 0.2) is 27.8 Å². The number of anilines is 1. The zero-order chi connectivity index (χ0) is 21.4. The van der Waals surface area contributed by atoms with Gasteiger partial charge in [0.05, 0.1) is 5.69 Å². The maximum atomic E-state index is 12.5. The van der Waals surface area contributed by atoms with Gasteiger partial charge in [0.1, 0.15) is 15.9 Å². The first-order chi connectivity index (χ1) is 13.4. The quantitative estimate of drug-likeness (QED) is 0.782. The van der Waals surface area contributed by atoms with Gasteiger partial charge in [-0.05, 0) is 24.3 Å². The summed E-state index contributed by atoms with van der Waals surface area (Å²) in [5, 5.41) is 1.78. The molecule has 0 amide bonds. The third kappa shape index (κ3) is 5.35. The van der Waals surface area contributed by atoms with E-state index in [0.717, 1.165) is 43.3 Å². The maximum Gasteiger partial charge on any atom is 0.250 e. The van der Waals surface area contributed by atoms with Crippen molar-refractivity contribution in [3.63, 3.8) is 0 Å². The van der Waals surface area contributed by atoms with Crippen LogP contribution in [0.4, 0.5) is 5.82 Å². The summed E-state index contributed by atoms with van der Waals surface area (Å²) in [7, 11) is -3.43. The number of piperidine rings is 1. The molecule has 1 fully saturated rings. The minimum absolute atomic E-state index is 0.0515. The van der Waals surface area contributed by atoms with Gasteiger partial charge in [-0.25, -0.2) is 23.1 Å². The highest BCUT2D eigenvalue weighted by Crippen LogP contribution is 2.29. The van der Waals surface area contributed by atoms with Gasteiger partial charge < -0.3 is 4.90 Å². The summed E-state index contributed by atoms with van der Waals surface area (Å²) >= 11 is 1.25. The Bertz CT molecular complexity index is 902. The largest absolute Gasteiger partial charge is 0.356 e.